The highest BCUT2D eigenvalue weighted by atomic mass is 19.2. The van der Waals surface area contributed by atoms with Crippen molar-refractivity contribution < 1.29 is 23.1 Å². The molecule has 9 nitrogen and oxygen atoms in total. The Balaban J connectivity index is 1.41. The lowest BCUT2D eigenvalue weighted by atomic mass is 10.1. The molecular weight excluding hydrogens is 410 g/mol. The molecule has 160 valence electrons. The quantitative estimate of drug-likeness (QED) is 0.640. The molecule has 3 aromatic rings. The molecule has 4 rings (SSSR count). The minimum atomic E-state index is -1.04. The summed E-state index contributed by atoms with van der Waals surface area (Å²) in [6.07, 6.45) is 0.0666. The van der Waals surface area contributed by atoms with Gasteiger partial charge < -0.3 is 15.0 Å². The van der Waals surface area contributed by atoms with Crippen LogP contribution in [0.1, 0.15) is 12.2 Å². The van der Waals surface area contributed by atoms with Gasteiger partial charge in [-0.15, -0.1) is 5.10 Å². The van der Waals surface area contributed by atoms with Gasteiger partial charge in [0.25, 0.3) is 0 Å². The first-order valence-corrected chi connectivity index (χ1v) is 9.41. The molecular formula is C20H18F2N6O3. The molecule has 2 aromatic carbocycles. The van der Waals surface area contributed by atoms with E-state index in [1.165, 1.54) is 22.8 Å². The van der Waals surface area contributed by atoms with Crippen LogP contribution in [0.25, 0.3) is 5.69 Å². The van der Waals surface area contributed by atoms with Gasteiger partial charge in [0.05, 0.1) is 25.3 Å². The van der Waals surface area contributed by atoms with Gasteiger partial charge in [0, 0.05) is 30.8 Å². The first-order chi connectivity index (χ1) is 15.0. The third-order valence-corrected chi connectivity index (χ3v) is 4.96. The molecule has 0 saturated carbocycles. The van der Waals surface area contributed by atoms with Crippen molar-refractivity contribution in [2.24, 2.45) is 5.92 Å². The number of halogens is 2. The summed E-state index contributed by atoms with van der Waals surface area (Å²) in [5.41, 5.74) is 0.871. The first kappa shape index (κ1) is 20.4. The summed E-state index contributed by atoms with van der Waals surface area (Å²) in [6.45, 7) is 0.181. The molecule has 0 spiro atoms. The molecule has 1 N–H and O–H groups in total. The van der Waals surface area contributed by atoms with Gasteiger partial charge in [0.2, 0.25) is 11.8 Å². The van der Waals surface area contributed by atoms with E-state index in [2.05, 4.69) is 20.8 Å². The van der Waals surface area contributed by atoms with Crippen molar-refractivity contribution in [3.8, 4) is 11.4 Å². The number of hydrogen-bond donors (Lipinski definition) is 1. The Labute approximate surface area is 175 Å². The Hall–Kier alpha value is -3.89. The van der Waals surface area contributed by atoms with Crippen LogP contribution in [0.5, 0.6) is 5.75 Å². The minimum Gasteiger partial charge on any atom is -0.497 e. The zero-order chi connectivity index (χ0) is 22.0. The minimum absolute atomic E-state index is 0.0469. The number of carbonyl (C=O) groups is 2. The van der Waals surface area contributed by atoms with Gasteiger partial charge in [-0.3, -0.25) is 9.59 Å². The molecule has 1 aliphatic rings. The Bertz CT molecular complexity index is 1140. The highest BCUT2D eigenvalue weighted by molar-refractivity contribution is 6.00. The zero-order valence-electron chi connectivity index (χ0n) is 16.5. The second-order valence-electron chi connectivity index (χ2n) is 6.93. The van der Waals surface area contributed by atoms with E-state index in [0.717, 1.165) is 12.1 Å². The maximum Gasteiger partial charge on any atom is 0.227 e. The van der Waals surface area contributed by atoms with E-state index < -0.39 is 17.6 Å². The van der Waals surface area contributed by atoms with E-state index in [1.54, 1.807) is 24.3 Å². The van der Waals surface area contributed by atoms with Crippen LogP contribution in [0.2, 0.25) is 0 Å². The molecule has 1 aromatic heterocycles. The number of anilines is 1. The third kappa shape index (κ3) is 4.20. The van der Waals surface area contributed by atoms with Crippen LogP contribution in [0.15, 0.2) is 42.5 Å². The second kappa shape index (κ2) is 8.46. The fourth-order valence-corrected chi connectivity index (χ4v) is 3.35. The largest absolute Gasteiger partial charge is 0.497 e. The van der Waals surface area contributed by atoms with Gasteiger partial charge in [0.1, 0.15) is 5.75 Å². The molecule has 1 aliphatic heterocycles. The van der Waals surface area contributed by atoms with Gasteiger partial charge >= 0.3 is 0 Å². The van der Waals surface area contributed by atoms with Crippen molar-refractivity contribution in [3.63, 3.8) is 0 Å². The summed E-state index contributed by atoms with van der Waals surface area (Å²) in [5.74, 6) is -2.23. The average molecular weight is 428 g/mol. The molecule has 11 heteroatoms. The van der Waals surface area contributed by atoms with Crippen LogP contribution in [0.4, 0.5) is 14.5 Å². The van der Waals surface area contributed by atoms with E-state index in [4.69, 9.17) is 4.74 Å². The number of hydrogen-bond acceptors (Lipinski definition) is 6. The second-order valence-corrected chi connectivity index (χ2v) is 6.93. The molecule has 0 aliphatic carbocycles. The molecule has 1 atom stereocenters. The number of methoxy groups -OCH3 is 1. The number of ether oxygens (including phenoxy) is 1. The van der Waals surface area contributed by atoms with Crippen molar-refractivity contribution >= 4 is 17.5 Å². The third-order valence-electron chi connectivity index (χ3n) is 4.96. The van der Waals surface area contributed by atoms with Crippen LogP contribution < -0.4 is 15.0 Å². The fourth-order valence-electron chi connectivity index (χ4n) is 3.35. The van der Waals surface area contributed by atoms with E-state index >= 15 is 0 Å². The van der Waals surface area contributed by atoms with Crippen molar-refractivity contribution in [3.05, 3.63) is 59.9 Å². The lowest BCUT2D eigenvalue weighted by Crippen LogP contribution is -2.33. The number of nitrogens with zero attached hydrogens (tertiary/aromatic N) is 5. The smallest absolute Gasteiger partial charge is 0.227 e. The number of carbonyl (C=O) groups excluding carboxylic acids is 2. The summed E-state index contributed by atoms with van der Waals surface area (Å²) in [5, 5.41) is 13.8. The van der Waals surface area contributed by atoms with Gasteiger partial charge in [0.15, 0.2) is 17.5 Å². The molecule has 2 amide bonds. The van der Waals surface area contributed by atoms with E-state index in [0.29, 0.717) is 11.4 Å². The van der Waals surface area contributed by atoms with E-state index in [-0.39, 0.29) is 42.8 Å². The van der Waals surface area contributed by atoms with E-state index in [9.17, 15) is 18.4 Å². The molecule has 0 radical (unpaired) electrons. The SMILES string of the molecule is COc1cccc(N2C[C@H](C(=O)NCc3nnnn3-c3ccc(F)c(F)c3)CC2=O)c1. The lowest BCUT2D eigenvalue weighted by molar-refractivity contribution is -0.126. The van der Waals surface area contributed by atoms with Crippen LogP contribution in [0.3, 0.4) is 0 Å². The number of benzene rings is 2. The number of tetrazole rings is 1. The van der Waals surface area contributed by atoms with E-state index in [1.807, 2.05) is 0 Å². The molecule has 0 bridgehead atoms. The maximum absolute atomic E-state index is 13.5. The zero-order valence-corrected chi connectivity index (χ0v) is 16.5. The van der Waals surface area contributed by atoms with Gasteiger partial charge in [-0.25, -0.2) is 8.78 Å². The Kier molecular flexibility index (Phi) is 5.56. The highest BCUT2D eigenvalue weighted by Crippen LogP contribution is 2.28. The van der Waals surface area contributed by atoms with Crippen LogP contribution in [-0.4, -0.2) is 45.7 Å². The standard InChI is InChI=1S/C20H18F2N6O3/c1-31-15-4-2-3-13(8-15)27-11-12(7-19(27)29)20(30)23-10-18-24-25-26-28(18)14-5-6-16(21)17(22)9-14/h2-6,8-9,12H,7,10-11H2,1H3,(H,23,30)/t12-/m1/s1. The number of rotatable bonds is 6. The normalized spacial score (nSPS) is 15.9. The fraction of sp³-hybridized carbons (Fsp3) is 0.250. The number of nitrogens with one attached hydrogen (secondary N) is 1. The van der Waals surface area contributed by atoms with Crippen LogP contribution >= 0.6 is 0 Å². The van der Waals surface area contributed by atoms with Crippen molar-refractivity contribution in [1.29, 1.82) is 0 Å². The molecule has 2 heterocycles. The summed E-state index contributed by atoms with van der Waals surface area (Å²) in [6, 6.07) is 10.3. The highest BCUT2D eigenvalue weighted by Gasteiger charge is 2.35. The predicted octanol–water partition coefficient (Wildman–Crippen LogP) is 1.62. The number of amides is 2. The summed E-state index contributed by atoms with van der Waals surface area (Å²) >= 11 is 0. The van der Waals surface area contributed by atoms with Gasteiger partial charge in [-0.1, -0.05) is 6.07 Å². The maximum atomic E-state index is 13.5. The summed E-state index contributed by atoms with van der Waals surface area (Å²) in [7, 11) is 1.54. The topological polar surface area (TPSA) is 102 Å². The molecule has 0 unspecified atom stereocenters. The van der Waals surface area contributed by atoms with Gasteiger partial charge in [-0.2, -0.15) is 4.68 Å². The van der Waals surface area contributed by atoms with Crippen molar-refractivity contribution in [2.45, 2.75) is 13.0 Å². The number of aromatic nitrogens is 4. The Morgan fingerprint density at radius 3 is 2.81 bits per heavy atom. The van der Waals surface area contributed by atoms with Crippen LogP contribution in [0, 0.1) is 17.6 Å². The molecule has 1 saturated heterocycles. The summed E-state index contributed by atoms with van der Waals surface area (Å²) < 4.78 is 33.1. The summed E-state index contributed by atoms with van der Waals surface area (Å²) in [4.78, 5) is 26.6. The van der Waals surface area contributed by atoms with Crippen molar-refractivity contribution in [1.82, 2.24) is 25.5 Å². The monoisotopic (exact) mass is 428 g/mol. The molecule has 31 heavy (non-hydrogen) atoms. The Morgan fingerprint density at radius 1 is 1.19 bits per heavy atom. The van der Waals surface area contributed by atoms with Crippen molar-refractivity contribution in [2.75, 3.05) is 18.6 Å². The first-order valence-electron chi connectivity index (χ1n) is 9.41. The Morgan fingerprint density at radius 2 is 2.03 bits per heavy atom. The molecule has 1 fully saturated rings. The predicted molar refractivity (Wildman–Crippen MR) is 104 cm³/mol. The van der Waals surface area contributed by atoms with Crippen LogP contribution in [-0.2, 0) is 16.1 Å². The average Bonchev–Trinajstić information content (AvgIpc) is 3.40. The lowest BCUT2D eigenvalue weighted by Gasteiger charge is -2.17. The van der Waals surface area contributed by atoms with Gasteiger partial charge in [-0.05, 0) is 34.7 Å².